The number of hydrogen-bond donors (Lipinski definition) is 1. The van der Waals surface area contributed by atoms with Crippen LogP contribution in [0.4, 0.5) is 0 Å². The molecule has 106 valence electrons. The minimum Gasteiger partial charge on any atom is -1.00 e. The van der Waals surface area contributed by atoms with Crippen LogP contribution in [-0.4, -0.2) is 39.0 Å². The third-order valence-electron chi connectivity index (χ3n) is 2.31. The Hall–Kier alpha value is -1.55. The molecule has 2 rings (SSSR count). The summed E-state index contributed by atoms with van der Waals surface area (Å²) in [5.74, 6) is 7.11. The molecule has 0 amide bonds. The van der Waals surface area contributed by atoms with Crippen molar-refractivity contribution in [2.24, 2.45) is 7.05 Å². The van der Waals surface area contributed by atoms with E-state index >= 15 is 0 Å². The number of thioether (sulfide) groups is 1. The molecule has 0 saturated carbocycles. The van der Waals surface area contributed by atoms with Gasteiger partial charge >= 0.3 is 0 Å². The molecular weight excluding hydrogens is 294 g/mol. The van der Waals surface area contributed by atoms with E-state index in [1.807, 2.05) is 37.4 Å². The molecule has 1 aromatic heterocycles. The quantitative estimate of drug-likeness (QED) is 0.391. The maximum absolute atomic E-state index is 3.90. The van der Waals surface area contributed by atoms with Crippen molar-refractivity contribution in [3.05, 3.63) is 35.9 Å². The van der Waals surface area contributed by atoms with Gasteiger partial charge in [0.2, 0.25) is 5.16 Å². The van der Waals surface area contributed by atoms with Crippen LogP contribution < -0.4 is 17.7 Å². The van der Waals surface area contributed by atoms with Crippen molar-refractivity contribution in [2.75, 3.05) is 18.8 Å². The van der Waals surface area contributed by atoms with Crippen molar-refractivity contribution in [1.29, 1.82) is 0 Å². The molecule has 0 radical (unpaired) electrons. The van der Waals surface area contributed by atoms with Crippen LogP contribution >= 0.6 is 11.8 Å². The fraction of sp³-hybridized carbons (Fsp3) is 0.308. The molecule has 0 aliphatic rings. The van der Waals surface area contributed by atoms with E-state index < -0.39 is 0 Å². The summed E-state index contributed by atoms with van der Waals surface area (Å²) in [6.45, 7) is 1.56. The van der Waals surface area contributed by atoms with Crippen LogP contribution in [0.2, 0.25) is 0 Å². The molecule has 1 aromatic carbocycles. The number of benzene rings is 1. The molecule has 0 bridgehead atoms. The number of aromatic nitrogens is 4. The SMILES string of the molecule is Cn1nnnc1SCCNCC#Cc1ccccc1.[Cl-]. The van der Waals surface area contributed by atoms with Crippen molar-refractivity contribution < 1.29 is 12.4 Å². The fourth-order valence-corrected chi connectivity index (χ4v) is 2.12. The fourth-order valence-electron chi connectivity index (χ4n) is 1.38. The zero-order valence-electron chi connectivity index (χ0n) is 11.1. The Kier molecular flexibility index (Phi) is 7.73. The summed E-state index contributed by atoms with van der Waals surface area (Å²) < 4.78 is 1.67. The Morgan fingerprint density at radius 3 is 2.80 bits per heavy atom. The van der Waals surface area contributed by atoms with Crippen LogP contribution in [0.15, 0.2) is 35.5 Å². The number of halogens is 1. The first-order chi connectivity index (χ1) is 9.36. The molecule has 0 atom stereocenters. The molecule has 0 aliphatic heterocycles. The van der Waals surface area contributed by atoms with E-state index in [0.717, 1.165) is 23.0 Å². The van der Waals surface area contributed by atoms with Gasteiger partial charge in [-0.05, 0) is 22.6 Å². The van der Waals surface area contributed by atoms with Crippen LogP contribution in [-0.2, 0) is 7.05 Å². The number of rotatable bonds is 5. The predicted molar refractivity (Wildman–Crippen MR) is 75.7 cm³/mol. The normalized spacial score (nSPS) is 9.45. The summed E-state index contributed by atoms with van der Waals surface area (Å²) in [6, 6.07) is 9.97. The summed E-state index contributed by atoms with van der Waals surface area (Å²) in [5.41, 5.74) is 1.05. The lowest BCUT2D eigenvalue weighted by atomic mass is 10.2. The summed E-state index contributed by atoms with van der Waals surface area (Å²) in [6.07, 6.45) is 0. The molecule has 0 aliphatic carbocycles. The van der Waals surface area contributed by atoms with Crippen molar-refractivity contribution >= 4 is 11.8 Å². The van der Waals surface area contributed by atoms with E-state index in [1.54, 1.807) is 16.4 Å². The largest absolute Gasteiger partial charge is 1.00 e. The highest BCUT2D eigenvalue weighted by Crippen LogP contribution is 2.10. The van der Waals surface area contributed by atoms with Crippen LogP contribution in [0.3, 0.4) is 0 Å². The zero-order valence-corrected chi connectivity index (χ0v) is 12.7. The van der Waals surface area contributed by atoms with Crippen LogP contribution in [0, 0.1) is 11.8 Å². The van der Waals surface area contributed by atoms with Gasteiger partial charge in [0.15, 0.2) is 0 Å². The minimum atomic E-state index is 0. The van der Waals surface area contributed by atoms with Crippen LogP contribution in [0.25, 0.3) is 0 Å². The maximum atomic E-state index is 3.90. The number of tetrazole rings is 1. The van der Waals surface area contributed by atoms with Gasteiger partial charge in [0, 0.05) is 24.9 Å². The van der Waals surface area contributed by atoms with Gasteiger partial charge in [-0.15, -0.1) is 5.10 Å². The number of aryl methyl sites for hydroxylation is 1. The Morgan fingerprint density at radius 2 is 2.10 bits per heavy atom. The molecule has 7 heteroatoms. The molecule has 0 saturated heterocycles. The van der Waals surface area contributed by atoms with E-state index in [9.17, 15) is 0 Å². The second-order valence-electron chi connectivity index (χ2n) is 3.78. The summed E-state index contributed by atoms with van der Waals surface area (Å²) in [7, 11) is 1.83. The third-order valence-corrected chi connectivity index (χ3v) is 3.32. The highest BCUT2D eigenvalue weighted by atomic mass is 35.5. The number of nitrogens with one attached hydrogen (secondary N) is 1. The highest BCUT2D eigenvalue weighted by Gasteiger charge is 2.00. The lowest BCUT2D eigenvalue weighted by Gasteiger charge is -1.99. The van der Waals surface area contributed by atoms with Gasteiger partial charge < -0.3 is 17.7 Å². The van der Waals surface area contributed by atoms with Crippen molar-refractivity contribution in [1.82, 2.24) is 25.5 Å². The molecule has 0 spiro atoms. The zero-order chi connectivity index (χ0) is 13.3. The Morgan fingerprint density at radius 1 is 1.30 bits per heavy atom. The monoisotopic (exact) mass is 308 g/mol. The second-order valence-corrected chi connectivity index (χ2v) is 4.84. The molecule has 1 heterocycles. The van der Waals surface area contributed by atoms with Gasteiger partial charge in [-0.25, -0.2) is 4.68 Å². The molecule has 20 heavy (non-hydrogen) atoms. The predicted octanol–water partition coefficient (Wildman–Crippen LogP) is -2.05. The molecule has 1 N–H and O–H groups in total. The molecule has 0 fully saturated rings. The second kappa shape index (κ2) is 9.37. The topological polar surface area (TPSA) is 55.6 Å². The van der Waals surface area contributed by atoms with Gasteiger partial charge in [-0.3, -0.25) is 0 Å². The summed E-state index contributed by atoms with van der Waals surface area (Å²) >= 11 is 1.62. The molecule has 5 nitrogen and oxygen atoms in total. The van der Waals surface area contributed by atoms with Crippen molar-refractivity contribution in [3.8, 4) is 11.8 Å². The molecule has 2 aromatic rings. The lowest BCUT2D eigenvalue weighted by molar-refractivity contribution is -0.00000406. The highest BCUT2D eigenvalue weighted by molar-refractivity contribution is 7.99. The first-order valence-corrected chi connectivity index (χ1v) is 6.94. The Bertz CT molecular complexity index is 561. The summed E-state index contributed by atoms with van der Waals surface area (Å²) in [4.78, 5) is 0. The van der Waals surface area contributed by atoms with E-state index in [-0.39, 0.29) is 12.4 Å². The summed E-state index contributed by atoms with van der Waals surface area (Å²) in [5, 5.41) is 15.3. The smallest absolute Gasteiger partial charge is 0.209 e. The average Bonchev–Trinajstić information content (AvgIpc) is 2.84. The van der Waals surface area contributed by atoms with Gasteiger partial charge in [0.1, 0.15) is 0 Å². The van der Waals surface area contributed by atoms with Crippen LogP contribution in [0.5, 0.6) is 0 Å². The maximum Gasteiger partial charge on any atom is 0.209 e. The van der Waals surface area contributed by atoms with Crippen molar-refractivity contribution in [2.45, 2.75) is 5.16 Å². The number of nitrogens with zero attached hydrogens (tertiary/aromatic N) is 4. The van der Waals surface area contributed by atoms with Crippen LogP contribution in [0.1, 0.15) is 5.56 Å². The average molecular weight is 309 g/mol. The standard InChI is InChI=1S/C13H15N5S.ClH/c1-18-13(15-16-17-18)19-11-10-14-9-5-8-12-6-3-2-4-7-12;/h2-4,6-7,14H,9-11H2,1H3;1H/p-1. The third kappa shape index (κ3) is 5.61. The lowest BCUT2D eigenvalue weighted by Crippen LogP contribution is -3.00. The number of hydrogen-bond acceptors (Lipinski definition) is 5. The van der Waals surface area contributed by atoms with Crippen molar-refractivity contribution in [3.63, 3.8) is 0 Å². The minimum absolute atomic E-state index is 0. The Labute approximate surface area is 128 Å². The van der Waals surface area contributed by atoms with Gasteiger partial charge in [-0.1, -0.05) is 41.8 Å². The van der Waals surface area contributed by atoms with E-state index in [2.05, 4.69) is 32.7 Å². The van der Waals surface area contributed by atoms with E-state index in [4.69, 9.17) is 0 Å². The van der Waals surface area contributed by atoms with E-state index in [0.29, 0.717) is 6.54 Å². The van der Waals surface area contributed by atoms with Gasteiger partial charge in [0.05, 0.1) is 6.54 Å². The molecular formula is C13H15ClN5S-. The molecule has 0 unspecified atom stereocenters. The first-order valence-electron chi connectivity index (χ1n) is 5.96. The van der Waals surface area contributed by atoms with Gasteiger partial charge in [0.25, 0.3) is 0 Å². The van der Waals surface area contributed by atoms with E-state index in [1.165, 1.54) is 0 Å². The van der Waals surface area contributed by atoms with Gasteiger partial charge in [-0.2, -0.15) is 0 Å². The Balaban J connectivity index is 0.00000200. The first kappa shape index (κ1) is 16.5.